The maximum Gasteiger partial charge on any atom is 0.573 e. The molecule has 0 spiro atoms. The molecule has 7 nitrogen and oxygen atoms in total. The molecule has 3 N–H and O–H groups in total. The quantitative estimate of drug-likeness (QED) is 0.165. The number of benzene rings is 3. The fraction of sp³-hybridized carbons (Fsp3) is 0.314. The molecule has 11 heteroatoms. The van der Waals surface area contributed by atoms with E-state index in [1.807, 2.05) is 59.7 Å². The molecule has 1 aliphatic heterocycles. The minimum Gasteiger partial charge on any atom is -0.406 e. The molecule has 242 valence electrons. The number of aliphatic hydroxyl groups excluding tert-OH is 1. The van der Waals surface area contributed by atoms with Crippen LogP contribution in [0.1, 0.15) is 61.2 Å². The van der Waals surface area contributed by atoms with E-state index in [4.69, 9.17) is 0 Å². The van der Waals surface area contributed by atoms with Crippen LogP contribution in [-0.4, -0.2) is 53.4 Å². The van der Waals surface area contributed by atoms with Gasteiger partial charge in [-0.05, 0) is 84.7 Å². The van der Waals surface area contributed by atoms with Gasteiger partial charge in [-0.1, -0.05) is 48.5 Å². The van der Waals surface area contributed by atoms with Gasteiger partial charge < -0.3 is 25.4 Å². The Bertz CT molecular complexity index is 1620. The number of hydrogen-bond acceptors (Lipinski definition) is 6. The number of aryl methyl sites for hydroxylation is 1. The number of likely N-dealkylation sites (tertiary alicyclic amines) is 1. The van der Waals surface area contributed by atoms with E-state index in [-0.39, 0.29) is 30.8 Å². The van der Waals surface area contributed by atoms with Gasteiger partial charge in [0.1, 0.15) is 5.75 Å². The molecule has 1 fully saturated rings. The molecule has 4 aromatic rings. The Hall–Kier alpha value is -4.19. The minimum absolute atomic E-state index is 0.0165. The highest BCUT2D eigenvalue weighted by Crippen LogP contribution is 2.35. The van der Waals surface area contributed by atoms with Crippen molar-refractivity contribution in [3.8, 4) is 5.75 Å². The third-order valence-electron chi connectivity index (χ3n) is 7.87. The number of halogens is 3. The predicted octanol–water partition coefficient (Wildman–Crippen LogP) is 6.42. The number of hydrogen-bond donors (Lipinski definition) is 3. The second-order valence-electron chi connectivity index (χ2n) is 11.4. The predicted molar refractivity (Wildman–Crippen MR) is 171 cm³/mol. The van der Waals surface area contributed by atoms with Crippen LogP contribution in [0.25, 0.3) is 0 Å². The summed E-state index contributed by atoms with van der Waals surface area (Å²) < 4.78 is 41.9. The van der Waals surface area contributed by atoms with Crippen molar-refractivity contribution in [2.45, 2.75) is 57.3 Å². The second-order valence-corrected chi connectivity index (χ2v) is 12.4. The van der Waals surface area contributed by atoms with Gasteiger partial charge in [-0.3, -0.25) is 9.59 Å². The molecule has 3 atom stereocenters. The standard InChI is InChI=1S/C35H36F3N3O4S/c1-23-16-26(20-27(17-23)34(44)41-14-6-12-30(41)32-13-7-15-46-32)33(43)40-29(19-24-8-3-2-4-9-24)31(42)22-39-21-25-10-5-11-28(18-25)45-35(36,37)38/h2-5,7-11,13,15-18,20,29-31,39,42H,6,12,14,19,21-22H2,1H3,(H,40,43)/t29-,30?,31-/m1/s1. The lowest BCUT2D eigenvalue weighted by Crippen LogP contribution is -2.48. The number of carbonyl (C=O) groups is 2. The van der Waals surface area contributed by atoms with Gasteiger partial charge in [0, 0.05) is 35.6 Å². The van der Waals surface area contributed by atoms with Crippen LogP contribution in [0.3, 0.4) is 0 Å². The number of carbonyl (C=O) groups excluding carboxylic acids is 2. The first-order valence-corrected chi connectivity index (χ1v) is 16.0. The Morgan fingerprint density at radius 3 is 2.50 bits per heavy atom. The van der Waals surface area contributed by atoms with Gasteiger partial charge in [0.05, 0.1) is 18.2 Å². The average Bonchev–Trinajstić information content (AvgIpc) is 3.72. The van der Waals surface area contributed by atoms with Crippen LogP contribution in [0.5, 0.6) is 5.75 Å². The zero-order valence-corrected chi connectivity index (χ0v) is 26.1. The van der Waals surface area contributed by atoms with Gasteiger partial charge in [-0.25, -0.2) is 0 Å². The summed E-state index contributed by atoms with van der Waals surface area (Å²) in [5.74, 6) is -0.876. The molecular formula is C35H36F3N3O4S. The maximum atomic E-state index is 13.7. The summed E-state index contributed by atoms with van der Waals surface area (Å²) in [6.45, 7) is 2.71. The Morgan fingerprint density at radius 1 is 1.00 bits per heavy atom. The van der Waals surface area contributed by atoms with Gasteiger partial charge >= 0.3 is 6.36 Å². The summed E-state index contributed by atoms with van der Waals surface area (Å²) in [6, 6.07) is 23.5. The Balaban J connectivity index is 1.28. The summed E-state index contributed by atoms with van der Waals surface area (Å²) in [4.78, 5) is 30.3. The molecule has 1 aliphatic rings. The molecule has 1 unspecified atom stereocenters. The monoisotopic (exact) mass is 651 g/mol. The first-order valence-electron chi connectivity index (χ1n) is 15.1. The van der Waals surface area contributed by atoms with Gasteiger partial charge in [0.25, 0.3) is 11.8 Å². The van der Waals surface area contributed by atoms with Gasteiger partial charge in [-0.15, -0.1) is 24.5 Å². The number of nitrogens with zero attached hydrogens (tertiary/aromatic N) is 1. The molecule has 1 aromatic heterocycles. The van der Waals surface area contributed by atoms with Crippen molar-refractivity contribution in [3.05, 3.63) is 123 Å². The summed E-state index contributed by atoms with van der Waals surface area (Å²) in [7, 11) is 0. The van der Waals surface area contributed by atoms with E-state index >= 15 is 0 Å². The van der Waals surface area contributed by atoms with Crippen LogP contribution in [0.4, 0.5) is 13.2 Å². The number of alkyl halides is 3. The Labute approximate surface area is 270 Å². The molecule has 0 radical (unpaired) electrons. The zero-order valence-electron chi connectivity index (χ0n) is 25.3. The number of aliphatic hydroxyl groups is 1. The lowest BCUT2D eigenvalue weighted by molar-refractivity contribution is -0.274. The Morgan fingerprint density at radius 2 is 1.76 bits per heavy atom. The SMILES string of the molecule is Cc1cc(C(=O)N[C@H](Cc2ccccc2)[C@H](O)CNCc2cccc(OC(F)(F)F)c2)cc(C(=O)N2CCCC2c2cccs2)c1. The third-order valence-corrected chi connectivity index (χ3v) is 8.84. The molecule has 0 saturated carbocycles. The van der Waals surface area contributed by atoms with Crippen molar-refractivity contribution < 1.29 is 32.6 Å². The van der Waals surface area contributed by atoms with Crippen LogP contribution in [0.15, 0.2) is 90.3 Å². The van der Waals surface area contributed by atoms with Crippen molar-refractivity contribution in [1.82, 2.24) is 15.5 Å². The lowest BCUT2D eigenvalue weighted by Gasteiger charge is -2.26. The highest BCUT2D eigenvalue weighted by molar-refractivity contribution is 7.10. The molecule has 5 rings (SSSR count). The van der Waals surface area contributed by atoms with E-state index < -0.39 is 24.4 Å². The number of nitrogens with one attached hydrogen (secondary N) is 2. The summed E-state index contributed by atoms with van der Waals surface area (Å²) in [5.41, 5.74) is 2.95. The van der Waals surface area contributed by atoms with E-state index in [0.717, 1.165) is 28.8 Å². The fourth-order valence-electron chi connectivity index (χ4n) is 5.75. The maximum absolute atomic E-state index is 13.7. The van der Waals surface area contributed by atoms with Gasteiger partial charge in [0.2, 0.25) is 0 Å². The molecule has 1 saturated heterocycles. The number of thiophene rings is 1. The average molecular weight is 652 g/mol. The van der Waals surface area contributed by atoms with Gasteiger partial charge in [-0.2, -0.15) is 0 Å². The van der Waals surface area contributed by atoms with Crippen molar-refractivity contribution in [2.75, 3.05) is 13.1 Å². The number of ether oxygens (including phenoxy) is 1. The lowest BCUT2D eigenvalue weighted by atomic mass is 9.99. The van der Waals surface area contributed by atoms with Crippen LogP contribution in [0, 0.1) is 6.92 Å². The highest BCUT2D eigenvalue weighted by atomic mass is 32.1. The molecule has 0 aliphatic carbocycles. The second kappa shape index (κ2) is 14.9. The normalized spacial score (nSPS) is 16.2. The van der Waals surface area contributed by atoms with Crippen molar-refractivity contribution in [2.24, 2.45) is 0 Å². The molecule has 46 heavy (non-hydrogen) atoms. The van der Waals surface area contributed by atoms with Crippen LogP contribution < -0.4 is 15.4 Å². The Kier molecular flexibility index (Phi) is 10.8. The first-order chi connectivity index (χ1) is 22.1. The summed E-state index contributed by atoms with van der Waals surface area (Å²) in [5, 5.41) is 19.2. The summed E-state index contributed by atoms with van der Waals surface area (Å²) in [6.07, 6.45) is -3.70. The minimum atomic E-state index is -4.79. The largest absolute Gasteiger partial charge is 0.573 e. The fourth-order valence-corrected chi connectivity index (χ4v) is 6.63. The first kappa shape index (κ1) is 33.2. The van der Waals surface area contributed by atoms with E-state index in [1.54, 1.807) is 35.6 Å². The van der Waals surface area contributed by atoms with Crippen LogP contribution in [0.2, 0.25) is 0 Å². The molecule has 2 heterocycles. The molecule has 3 aromatic carbocycles. The van der Waals surface area contributed by atoms with E-state index in [0.29, 0.717) is 29.7 Å². The highest BCUT2D eigenvalue weighted by Gasteiger charge is 2.32. The number of amides is 2. The topological polar surface area (TPSA) is 90.9 Å². The number of rotatable bonds is 12. The van der Waals surface area contributed by atoms with Crippen molar-refractivity contribution in [1.29, 1.82) is 0 Å². The van der Waals surface area contributed by atoms with Crippen molar-refractivity contribution >= 4 is 23.2 Å². The van der Waals surface area contributed by atoms with Crippen LogP contribution >= 0.6 is 11.3 Å². The molecule has 2 amide bonds. The summed E-state index contributed by atoms with van der Waals surface area (Å²) >= 11 is 1.63. The molecular weight excluding hydrogens is 615 g/mol. The van der Waals surface area contributed by atoms with E-state index in [9.17, 15) is 27.9 Å². The van der Waals surface area contributed by atoms with Crippen LogP contribution in [-0.2, 0) is 13.0 Å². The van der Waals surface area contributed by atoms with E-state index in [1.165, 1.54) is 18.2 Å². The molecule has 0 bridgehead atoms. The third kappa shape index (κ3) is 8.96. The van der Waals surface area contributed by atoms with Gasteiger partial charge in [0.15, 0.2) is 0 Å². The van der Waals surface area contributed by atoms with E-state index in [2.05, 4.69) is 15.4 Å². The zero-order chi connectivity index (χ0) is 32.7. The van der Waals surface area contributed by atoms with Crippen molar-refractivity contribution in [3.63, 3.8) is 0 Å². The smallest absolute Gasteiger partial charge is 0.406 e.